The summed E-state index contributed by atoms with van der Waals surface area (Å²) in [6.07, 6.45) is 5.36. The van der Waals surface area contributed by atoms with E-state index in [4.69, 9.17) is 4.42 Å². The molecule has 13 heavy (non-hydrogen) atoms. The molecular weight excluding hydrogens is 160 g/mol. The van der Waals surface area contributed by atoms with E-state index >= 15 is 0 Å². The average molecular weight is 174 g/mol. The first-order valence-electron chi connectivity index (χ1n) is 4.87. The summed E-state index contributed by atoms with van der Waals surface area (Å²) in [6, 6.07) is 8.33. The van der Waals surface area contributed by atoms with Gasteiger partial charge >= 0.3 is 0 Å². The van der Waals surface area contributed by atoms with E-state index < -0.39 is 0 Å². The van der Waals surface area contributed by atoms with Crippen LogP contribution < -0.4 is 0 Å². The van der Waals surface area contributed by atoms with Crippen molar-refractivity contribution in [2.45, 2.75) is 26.2 Å². The summed E-state index contributed by atoms with van der Waals surface area (Å²) in [5.74, 6) is 1.07. The molecule has 2 aliphatic rings. The summed E-state index contributed by atoms with van der Waals surface area (Å²) in [6.45, 7) is 2.21. The molecule has 0 aromatic heterocycles. The van der Waals surface area contributed by atoms with Gasteiger partial charge in [0.1, 0.15) is 5.76 Å². The summed E-state index contributed by atoms with van der Waals surface area (Å²) >= 11 is 0. The fourth-order valence-electron chi connectivity index (χ4n) is 1.62. The van der Waals surface area contributed by atoms with Gasteiger partial charge in [-0.05, 0) is 30.5 Å². The predicted octanol–water partition coefficient (Wildman–Crippen LogP) is 3.73. The standard InChI is InChI=1S/C12H14O/c1-2-3-5-10-7-8-11-6-4-9-13-12(10)11/h4,6-9H,2-3,5H2,1H3. The molecule has 68 valence electrons. The van der Waals surface area contributed by atoms with Gasteiger partial charge in [-0.25, -0.2) is 0 Å². The van der Waals surface area contributed by atoms with Crippen LogP contribution in [0.1, 0.15) is 25.3 Å². The van der Waals surface area contributed by atoms with Crippen LogP contribution in [0.3, 0.4) is 0 Å². The first-order valence-corrected chi connectivity index (χ1v) is 4.87. The Morgan fingerprint density at radius 2 is 2.15 bits per heavy atom. The van der Waals surface area contributed by atoms with Crippen LogP contribution in [0.15, 0.2) is 34.9 Å². The highest BCUT2D eigenvalue weighted by Gasteiger charge is 2.09. The number of rotatable bonds is 3. The predicted molar refractivity (Wildman–Crippen MR) is 53.9 cm³/mol. The molecule has 0 atom stereocenters. The van der Waals surface area contributed by atoms with Gasteiger partial charge in [0, 0.05) is 5.56 Å². The van der Waals surface area contributed by atoms with Gasteiger partial charge in [0.05, 0.1) is 6.26 Å². The number of fused-ring (bicyclic) bond motifs is 1. The van der Waals surface area contributed by atoms with Gasteiger partial charge < -0.3 is 4.42 Å². The Morgan fingerprint density at radius 1 is 1.23 bits per heavy atom. The fourth-order valence-corrected chi connectivity index (χ4v) is 1.62. The Bertz CT molecular complexity index is 348. The molecule has 0 unspecified atom stereocenters. The van der Waals surface area contributed by atoms with E-state index in [-0.39, 0.29) is 0 Å². The first-order chi connectivity index (χ1) is 6.42. The quantitative estimate of drug-likeness (QED) is 0.691. The van der Waals surface area contributed by atoms with Crippen LogP contribution in [0.4, 0.5) is 0 Å². The van der Waals surface area contributed by atoms with E-state index in [0.29, 0.717) is 0 Å². The lowest BCUT2D eigenvalue weighted by atomic mass is 10.1. The van der Waals surface area contributed by atoms with Crippen LogP contribution >= 0.6 is 0 Å². The maximum Gasteiger partial charge on any atom is 0.136 e. The summed E-state index contributed by atoms with van der Waals surface area (Å²) in [4.78, 5) is 0. The third kappa shape index (κ3) is 1.59. The highest BCUT2D eigenvalue weighted by atomic mass is 16.3. The van der Waals surface area contributed by atoms with Gasteiger partial charge in [0.25, 0.3) is 0 Å². The van der Waals surface area contributed by atoms with Crippen molar-refractivity contribution in [2.75, 3.05) is 0 Å². The Kier molecular flexibility index (Phi) is 2.35. The SMILES string of the molecule is CCCCc1ccc2cccoc1-2. The van der Waals surface area contributed by atoms with E-state index in [0.717, 1.165) is 12.2 Å². The zero-order chi connectivity index (χ0) is 9.10. The highest BCUT2D eigenvalue weighted by molar-refractivity contribution is 5.64. The molecule has 0 bridgehead atoms. The third-order valence-corrected chi connectivity index (χ3v) is 2.36. The molecule has 0 aromatic rings. The van der Waals surface area contributed by atoms with Gasteiger partial charge in [0.2, 0.25) is 0 Å². The topological polar surface area (TPSA) is 13.1 Å². The molecule has 0 radical (unpaired) electrons. The molecule has 1 heterocycles. The smallest absolute Gasteiger partial charge is 0.136 e. The normalized spacial score (nSPS) is 10.8. The maximum absolute atomic E-state index is 5.48. The largest absolute Gasteiger partial charge is 0.464 e. The lowest BCUT2D eigenvalue weighted by Gasteiger charge is -2.00. The molecule has 0 aromatic carbocycles. The van der Waals surface area contributed by atoms with Crippen molar-refractivity contribution in [1.29, 1.82) is 0 Å². The number of hydrogen-bond donors (Lipinski definition) is 0. The zero-order valence-corrected chi connectivity index (χ0v) is 7.92. The van der Waals surface area contributed by atoms with Crippen molar-refractivity contribution in [2.24, 2.45) is 0 Å². The van der Waals surface area contributed by atoms with E-state index in [1.54, 1.807) is 6.26 Å². The van der Waals surface area contributed by atoms with Crippen molar-refractivity contribution in [3.8, 4) is 11.3 Å². The van der Waals surface area contributed by atoms with Crippen molar-refractivity contribution in [3.05, 3.63) is 36.1 Å². The molecule has 0 spiro atoms. The summed E-state index contributed by atoms with van der Waals surface area (Å²) in [5.41, 5.74) is 2.56. The number of unbranched alkanes of at least 4 members (excludes halogenated alkanes) is 1. The Hall–Kier alpha value is -1.24. The molecule has 0 amide bonds. The number of aryl methyl sites for hydroxylation is 1. The number of hydrogen-bond acceptors (Lipinski definition) is 1. The van der Waals surface area contributed by atoms with Gasteiger partial charge in [-0.1, -0.05) is 25.5 Å². The molecule has 1 aliphatic heterocycles. The molecule has 1 aliphatic carbocycles. The van der Waals surface area contributed by atoms with Gasteiger partial charge in [-0.15, -0.1) is 0 Å². The second-order valence-corrected chi connectivity index (χ2v) is 3.36. The van der Waals surface area contributed by atoms with Crippen LogP contribution in [-0.4, -0.2) is 0 Å². The van der Waals surface area contributed by atoms with Gasteiger partial charge in [-0.3, -0.25) is 0 Å². The lowest BCUT2D eigenvalue weighted by Crippen LogP contribution is -1.83. The average Bonchev–Trinajstić information content (AvgIpc) is 2.58. The Morgan fingerprint density at radius 3 is 3.00 bits per heavy atom. The molecule has 0 saturated heterocycles. The van der Waals surface area contributed by atoms with E-state index in [2.05, 4.69) is 25.1 Å². The minimum atomic E-state index is 1.07. The first kappa shape index (κ1) is 8.36. The van der Waals surface area contributed by atoms with Crippen LogP contribution in [0, 0.1) is 0 Å². The monoisotopic (exact) mass is 174 g/mol. The van der Waals surface area contributed by atoms with Gasteiger partial charge in [-0.2, -0.15) is 0 Å². The van der Waals surface area contributed by atoms with E-state index in [1.165, 1.54) is 24.0 Å². The molecular formula is C12H14O. The fraction of sp³-hybridized carbons (Fsp3) is 0.333. The highest BCUT2D eigenvalue weighted by Crippen LogP contribution is 2.28. The molecule has 1 nitrogen and oxygen atoms in total. The van der Waals surface area contributed by atoms with Gasteiger partial charge in [0.15, 0.2) is 0 Å². The molecule has 0 fully saturated rings. The van der Waals surface area contributed by atoms with Crippen molar-refractivity contribution in [3.63, 3.8) is 0 Å². The molecule has 1 heteroatoms. The molecule has 0 N–H and O–H groups in total. The third-order valence-electron chi connectivity index (χ3n) is 2.36. The van der Waals surface area contributed by atoms with E-state index in [9.17, 15) is 0 Å². The summed E-state index contributed by atoms with van der Waals surface area (Å²) < 4.78 is 5.48. The second kappa shape index (κ2) is 3.65. The van der Waals surface area contributed by atoms with E-state index in [1.807, 2.05) is 6.07 Å². The lowest BCUT2D eigenvalue weighted by molar-refractivity contribution is 0.559. The molecule has 0 saturated carbocycles. The van der Waals surface area contributed by atoms with Crippen molar-refractivity contribution >= 4 is 0 Å². The van der Waals surface area contributed by atoms with Crippen LogP contribution in [0.5, 0.6) is 0 Å². The Labute approximate surface area is 78.7 Å². The zero-order valence-electron chi connectivity index (χ0n) is 7.92. The van der Waals surface area contributed by atoms with Crippen LogP contribution in [0.25, 0.3) is 11.3 Å². The molecule has 2 rings (SSSR count). The van der Waals surface area contributed by atoms with Crippen LogP contribution in [-0.2, 0) is 6.42 Å². The second-order valence-electron chi connectivity index (χ2n) is 3.36. The summed E-state index contributed by atoms with van der Waals surface area (Å²) in [5, 5.41) is 0. The minimum absolute atomic E-state index is 1.07. The summed E-state index contributed by atoms with van der Waals surface area (Å²) in [7, 11) is 0. The minimum Gasteiger partial charge on any atom is -0.464 e. The Balaban J connectivity index is 2.27. The van der Waals surface area contributed by atoms with Crippen molar-refractivity contribution in [1.82, 2.24) is 0 Å². The van der Waals surface area contributed by atoms with Crippen LogP contribution in [0.2, 0.25) is 0 Å². The maximum atomic E-state index is 5.48. The van der Waals surface area contributed by atoms with Crippen molar-refractivity contribution < 1.29 is 4.42 Å².